The predicted molar refractivity (Wildman–Crippen MR) is 130 cm³/mol. The molecular formula is C26H31N5O4. The molecule has 2 aromatic rings. The van der Waals surface area contributed by atoms with Crippen molar-refractivity contribution in [3.05, 3.63) is 42.6 Å². The summed E-state index contributed by atoms with van der Waals surface area (Å²) >= 11 is 0. The molecule has 3 amide bonds. The number of H-pyrrole nitrogens is 1. The quantitative estimate of drug-likeness (QED) is 0.478. The van der Waals surface area contributed by atoms with Crippen LogP contribution in [0.2, 0.25) is 0 Å². The Bertz CT molecular complexity index is 1170. The number of hydrogen-bond acceptors (Lipinski definition) is 5. The van der Waals surface area contributed by atoms with Crippen molar-refractivity contribution in [2.75, 3.05) is 20.2 Å². The highest BCUT2D eigenvalue weighted by Gasteiger charge is 2.41. The number of nitriles is 1. The molecule has 3 heterocycles. The Labute approximate surface area is 204 Å². The van der Waals surface area contributed by atoms with E-state index in [2.05, 4.69) is 28.3 Å². The first kappa shape index (κ1) is 24.3. The number of aromatic amines is 1. The van der Waals surface area contributed by atoms with E-state index in [1.54, 1.807) is 18.1 Å². The summed E-state index contributed by atoms with van der Waals surface area (Å²) in [6.45, 7) is 4.81. The van der Waals surface area contributed by atoms with Gasteiger partial charge in [-0.1, -0.05) is 12.1 Å². The number of carbonyl (C=O) groups is 3. The molecule has 0 aliphatic carbocycles. The summed E-state index contributed by atoms with van der Waals surface area (Å²) in [6, 6.07) is 7.91. The van der Waals surface area contributed by atoms with Crippen molar-refractivity contribution >= 4 is 28.6 Å². The molecule has 2 fully saturated rings. The van der Waals surface area contributed by atoms with E-state index in [0.29, 0.717) is 37.4 Å². The van der Waals surface area contributed by atoms with Gasteiger partial charge in [-0.25, -0.2) is 0 Å². The summed E-state index contributed by atoms with van der Waals surface area (Å²) in [6.07, 6.45) is 4.87. The van der Waals surface area contributed by atoms with Crippen LogP contribution in [0.15, 0.2) is 36.9 Å². The first-order chi connectivity index (χ1) is 16.9. The molecular weight excluding hydrogens is 446 g/mol. The van der Waals surface area contributed by atoms with Gasteiger partial charge >= 0.3 is 0 Å². The number of fused-ring (bicyclic) bond motifs is 1. The van der Waals surface area contributed by atoms with Gasteiger partial charge in [0, 0.05) is 29.9 Å². The van der Waals surface area contributed by atoms with Gasteiger partial charge in [0.25, 0.3) is 5.91 Å². The van der Waals surface area contributed by atoms with Crippen molar-refractivity contribution in [2.45, 2.75) is 44.2 Å². The van der Waals surface area contributed by atoms with Gasteiger partial charge in [-0.3, -0.25) is 14.4 Å². The van der Waals surface area contributed by atoms with Crippen LogP contribution < -0.4 is 15.4 Å². The van der Waals surface area contributed by atoms with Crippen LogP contribution >= 0.6 is 0 Å². The van der Waals surface area contributed by atoms with Crippen molar-refractivity contribution in [1.82, 2.24) is 20.5 Å². The summed E-state index contributed by atoms with van der Waals surface area (Å²) < 4.78 is 5.41. The van der Waals surface area contributed by atoms with E-state index >= 15 is 0 Å². The number of rotatable bonds is 9. The lowest BCUT2D eigenvalue weighted by Crippen LogP contribution is -2.49. The van der Waals surface area contributed by atoms with Crippen molar-refractivity contribution in [2.24, 2.45) is 11.8 Å². The van der Waals surface area contributed by atoms with Crippen LogP contribution in [-0.4, -0.2) is 59.9 Å². The van der Waals surface area contributed by atoms with Crippen molar-refractivity contribution in [3.63, 3.8) is 0 Å². The first-order valence-corrected chi connectivity index (χ1v) is 12.0. The Kier molecular flexibility index (Phi) is 7.39. The van der Waals surface area contributed by atoms with Gasteiger partial charge < -0.3 is 25.3 Å². The number of methoxy groups -OCH3 is 1. The fourth-order valence-electron chi connectivity index (χ4n) is 5.10. The molecule has 2 aliphatic rings. The van der Waals surface area contributed by atoms with Crippen LogP contribution in [-0.2, 0) is 9.59 Å². The Morgan fingerprint density at radius 3 is 2.94 bits per heavy atom. The Hall–Kier alpha value is -3.80. The summed E-state index contributed by atoms with van der Waals surface area (Å²) in [4.78, 5) is 43.5. The zero-order valence-corrected chi connectivity index (χ0v) is 19.9. The second kappa shape index (κ2) is 10.6. The van der Waals surface area contributed by atoms with Gasteiger partial charge in [-0.2, -0.15) is 5.26 Å². The minimum Gasteiger partial charge on any atom is -0.496 e. The van der Waals surface area contributed by atoms with E-state index in [-0.39, 0.29) is 36.0 Å². The molecule has 35 heavy (non-hydrogen) atoms. The lowest BCUT2D eigenvalue weighted by atomic mass is 9.97. The number of nitrogens with zero attached hydrogens (tertiary/aromatic N) is 2. The minimum atomic E-state index is -0.794. The molecule has 1 unspecified atom stereocenters. The molecule has 2 saturated heterocycles. The van der Waals surface area contributed by atoms with Crippen LogP contribution in [0.5, 0.6) is 5.75 Å². The fourth-order valence-corrected chi connectivity index (χ4v) is 5.10. The number of benzene rings is 1. The summed E-state index contributed by atoms with van der Waals surface area (Å²) in [5.41, 5.74) is 1.15. The molecule has 3 N–H and O–H groups in total. The first-order valence-electron chi connectivity index (χ1n) is 12.0. The molecule has 0 spiro atoms. The number of ether oxygens (including phenoxy) is 1. The van der Waals surface area contributed by atoms with Crippen molar-refractivity contribution < 1.29 is 19.1 Å². The highest BCUT2D eigenvalue weighted by Crippen LogP contribution is 2.31. The van der Waals surface area contributed by atoms with Crippen molar-refractivity contribution in [1.29, 1.82) is 5.26 Å². The molecule has 9 nitrogen and oxygen atoms in total. The third-order valence-electron chi connectivity index (χ3n) is 6.96. The predicted octanol–water partition coefficient (Wildman–Crippen LogP) is 2.51. The van der Waals surface area contributed by atoms with E-state index in [0.717, 1.165) is 23.7 Å². The largest absolute Gasteiger partial charge is 0.496 e. The normalized spacial score (nSPS) is 22.5. The molecule has 0 bridgehead atoms. The van der Waals surface area contributed by atoms with Crippen LogP contribution in [0, 0.1) is 23.2 Å². The molecule has 2 aliphatic heterocycles. The highest BCUT2D eigenvalue weighted by molar-refractivity contribution is 6.01. The number of likely N-dealkylation sites (tertiary alicyclic amines) is 1. The van der Waals surface area contributed by atoms with E-state index in [9.17, 15) is 19.6 Å². The average molecular weight is 478 g/mol. The van der Waals surface area contributed by atoms with E-state index in [1.165, 1.54) is 0 Å². The third kappa shape index (κ3) is 5.16. The van der Waals surface area contributed by atoms with Crippen LogP contribution in [0.1, 0.15) is 42.6 Å². The Morgan fingerprint density at radius 1 is 1.43 bits per heavy atom. The summed E-state index contributed by atoms with van der Waals surface area (Å²) in [7, 11) is 1.58. The lowest BCUT2D eigenvalue weighted by molar-refractivity contribution is -0.126. The van der Waals surface area contributed by atoms with Gasteiger partial charge in [0.1, 0.15) is 23.5 Å². The Morgan fingerprint density at radius 2 is 2.26 bits per heavy atom. The van der Waals surface area contributed by atoms with Crippen molar-refractivity contribution in [3.8, 4) is 11.8 Å². The number of hydrogen-bond donors (Lipinski definition) is 3. The zero-order chi connectivity index (χ0) is 24.9. The monoisotopic (exact) mass is 477 g/mol. The molecule has 9 heteroatoms. The second-order valence-corrected chi connectivity index (χ2v) is 9.25. The third-order valence-corrected chi connectivity index (χ3v) is 6.96. The van der Waals surface area contributed by atoms with E-state index in [4.69, 9.17) is 4.74 Å². The molecule has 4 rings (SSSR count). The van der Waals surface area contributed by atoms with Gasteiger partial charge in [0.15, 0.2) is 0 Å². The van der Waals surface area contributed by atoms with Gasteiger partial charge in [-0.15, -0.1) is 6.58 Å². The van der Waals surface area contributed by atoms with Crippen LogP contribution in [0.3, 0.4) is 0 Å². The molecule has 1 aromatic carbocycles. The smallest absolute Gasteiger partial charge is 0.270 e. The second-order valence-electron chi connectivity index (χ2n) is 9.25. The molecule has 0 radical (unpaired) electrons. The molecule has 0 saturated carbocycles. The van der Waals surface area contributed by atoms with E-state index < -0.39 is 12.1 Å². The molecule has 1 aromatic heterocycles. The maximum atomic E-state index is 13.6. The average Bonchev–Trinajstić information content (AvgIpc) is 3.59. The fraction of sp³-hybridized carbons (Fsp3) is 0.462. The number of carbonyl (C=O) groups excluding carboxylic acids is 3. The zero-order valence-electron chi connectivity index (χ0n) is 19.9. The van der Waals surface area contributed by atoms with Gasteiger partial charge in [-0.05, 0) is 56.2 Å². The molecule has 4 atom stereocenters. The number of allylic oxidation sites excluding steroid dienone is 1. The van der Waals surface area contributed by atoms with Crippen LogP contribution in [0.25, 0.3) is 10.9 Å². The topological polar surface area (TPSA) is 127 Å². The molecule has 184 valence electrons. The van der Waals surface area contributed by atoms with Gasteiger partial charge in [0.05, 0.1) is 13.2 Å². The number of aromatic nitrogens is 1. The lowest BCUT2D eigenvalue weighted by Gasteiger charge is -2.25. The SMILES string of the molecule is C=CCCC1C[C@@H](C(=O)N[C@H](C#N)C[C@@H]2CCNC2=O)N(C(=O)c2cc3c(OC)cccc3[nH]2)C1. The van der Waals surface area contributed by atoms with Gasteiger partial charge in [0.2, 0.25) is 11.8 Å². The van der Waals surface area contributed by atoms with E-state index in [1.807, 2.05) is 24.3 Å². The summed E-state index contributed by atoms with van der Waals surface area (Å²) in [5.74, 6) is -0.205. The summed E-state index contributed by atoms with van der Waals surface area (Å²) in [5, 5.41) is 16.0. The Balaban J connectivity index is 1.53. The number of nitrogens with one attached hydrogen (secondary N) is 3. The number of amides is 3. The maximum absolute atomic E-state index is 13.6. The minimum absolute atomic E-state index is 0.0871. The highest BCUT2D eigenvalue weighted by atomic mass is 16.5. The van der Waals surface area contributed by atoms with Crippen LogP contribution in [0.4, 0.5) is 0 Å². The standard InChI is InChI=1S/C26H31N5O4/c1-3-4-6-16-11-22(25(33)29-18(14-27)12-17-9-10-28-24(17)32)31(15-16)26(34)21-13-19-20(30-21)7-5-8-23(19)35-2/h3,5,7-8,13,16-18,22,30H,1,4,6,9-12,15H2,2H3,(H,28,32)(H,29,33)/t16?,17-,18-,22-/m0/s1. The maximum Gasteiger partial charge on any atom is 0.270 e.